The number of unbranched alkanes of at least 4 members (excludes halogenated alkanes) is 1. The quantitative estimate of drug-likeness (QED) is 0.478. The second kappa shape index (κ2) is 12.4. The van der Waals surface area contributed by atoms with E-state index in [1.807, 2.05) is 6.92 Å². The van der Waals surface area contributed by atoms with E-state index in [1.54, 1.807) is 24.3 Å². The summed E-state index contributed by atoms with van der Waals surface area (Å²) in [5, 5.41) is 5.44. The van der Waals surface area contributed by atoms with Crippen molar-refractivity contribution in [2.75, 3.05) is 31.7 Å². The second-order valence-corrected chi connectivity index (χ2v) is 5.38. The first-order valence-corrected chi connectivity index (χ1v) is 8.57. The van der Waals surface area contributed by atoms with E-state index in [1.165, 1.54) is 0 Å². The minimum atomic E-state index is -0.424. The van der Waals surface area contributed by atoms with Gasteiger partial charge in [0, 0.05) is 19.8 Å². The molecule has 0 unspecified atom stereocenters. The van der Waals surface area contributed by atoms with Gasteiger partial charge >= 0.3 is 12.0 Å². The lowest BCUT2D eigenvalue weighted by atomic mass is 10.2. The molecule has 0 saturated carbocycles. The number of ether oxygens (including phenoxy) is 2. The average Bonchev–Trinajstić information content (AvgIpc) is 2.58. The molecule has 6 nitrogen and oxygen atoms in total. The van der Waals surface area contributed by atoms with Gasteiger partial charge in [-0.3, -0.25) is 0 Å². The van der Waals surface area contributed by atoms with E-state index in [-0.39, 0.29) is 6.03 Å². The molecule has 1 rings (SSSR count). The molecule has 0 spiro atoms. The number of hydrogen-bond donors (Lipinski definition) is 2. The highest BCUT2D eigenvalue weighted by Crippen LogP contribution is 2.16. The first-order valence-electron chi connectivity index (χ1n) is 8.57. The van der Waals surface area contributed by atoms with Gasteiger partial charge in [0.1, 0.15) is 0 Å². The van der Waals surface area contributed by atoms with Gasteiger partial charge in [0.25, 0.3) is 0 Å². The smallest absolute Gasteiger partial charge is 0.340 e. The summed E-state index contributed by atoms with van der Waals surface area (Å²) in [5.41, 5.74) is 0.800. The van der Waals surface area contributed by atoms with E-state index in [9.17, 15) is 9.59 Å². The summed E-state index contributed by atoms with van der Waals surface area (Å²) >= 11 is 0. The van der Waals surface area contributed by atoms with Crippen molar-refractivity contribution in [2.45, 2.75) is 39.5 Å². The minimum Gasteiger partial charge on any atom is -0.462 e. The molecule has 134 valence electrons. The number of carbonyl (C=O) groups is 2. The predicted molar refractivity (Wildman–Crippen MR) is 94.4 cm³/mol. The van der Waals surface area contributed by atoms with Crippen LogP contribution < -0.4 is 10.6 Å². The van der Waals surface area contributed by atoms with Crippen LogP contribution in [0.4, 0.5) is 10.5 Å². The third-order valence-corrected chi connectivity index (χ3v) is 3.23. The number of esters is 1. The van der Waals surface area contributed by atoms with Crippen molar-refractivity contribution >= 4 is 17.7 Å². The average molecular weight is 336 g/mol. The first-order chi connectivity index (χ1) is 11.7. The monoisotopic (exact) mass is 336 g/mol. The normalized spacial score (nSPS) is 10.2. The molecule has 0 saturated heterocycles. The zero-order valence-electron chi connectivity index (χ0n) is 14.6. The van der Waals surface area contributed by atoms with Gasteiger partial charge < -0.3 is 20.1 Å². The Morgan fingerprint density at radius 2 is 1.79 bits per heavy atom. The second-order valence-electron chi connectivity index (χ2n) is 5.38. The van der Waals surface area contributed by atoms with Gasteiger partial charge in [-0.15, -0.1) is 0 Å². The van der Waals surface area contributed by atoms with Crippen LogP contribution in [0.5, 0.6) is 0 Å². The molecule has 1 aromatic rings. The molecule has 0 radical (unpaired) electrons. The lowest BCUT2D eigenvalue weighted by Gasteiger charge is -2.11. The zero-order chi connectivity index (χ0) is 17.6. The number of urea groups is 1. The predicted octanol–water partition coefficient (Wildman–Crippen LogP) is 3.58. The van der Waals surface area contributed by atoms with E-state index in [4.69, 9.17) is 9.47 Å². The lowest BCUT2D eigenvalue weighted by molar-refractivity contribution is 0.0501. The number of para-hydroxylation sites is 1. The largest absolute Gasteiger partial charge is 0.462 e. The summed E-state index contributed by atoms with van der Waals surface area (Å²) in [6.45, 7) is 6.33. The van der Waals surface area contributed by atoms with Crippen LogP contribution >= 0.6 is 0 Å². The molecule has 0 heterocycles. The third-order valence-electron chi connectivity index (χ3n) is 3.23. The molecule has 0 aliphatic heterocycles. The Hall–Kier alpha value is -2.08. The van der Waals surface area contributed by atoms with Gasteiger partial charge in [0.05, 0.1) is 17.9 Å². The van der Waals surface area contributed by atoms with E-state index >= 15 is 0 Å². The summed E-state index contributed by atoms with van der Waals surface area (Å²) < 4.78 is 10.5. The fourth-order valence-electron chi connectivity index (χ4n) is 1.95. The van der Waals surface area contributed by atoms with Gasteiger partial charge in [-0.2, -0.15) is 0 Å². The van der Waals surface area contributed by atoms with Crippen LogP contribution in [0.1, 0.15) is 49.9 Å². The summed E-state index contributed by atoms with van der Waals surface area (Å²) in [6.07, 6.45) is 3.51. The summed E-state index contributed by atoms with van der Waals surface area (Å²) in [7, 11) is 0. The van der Waals surface area contributed by atoms with Crippen LogP contribution in [0.2, 0.25) is 0 Å². The van der Waals surface area contributed by atoms with Gasteiger partial charge in [-0.1, -0.05) is 32.4 Å². The molecular formula is C18H28N2O4. The maximum atomic E-state index is 12.1. The van der Waals surface area contributed by atoms with Crippen LogP contribution in [-0.2, 0) is 9.47 Å². The molecule has 2 amide bonds. The van der Waals surface area contributed by atoms with Crippen molar-refractivity contribution in [1.82, 2.24) is 5.32 Å². The van der Waals surface area contributed by atoms with Gasteiger partial charge in [0.2, 0.25) is 0 Å². The molecule has 0 fully saturated rings. The molecule has 0 atom stereocenters. The molecule has 24 heavy (non-hydrogen) atoms. The number of rotatable bonds is 11. The fraction of sp³-hybridized carbons (Fsp3) is 0.556. The van der Waals surface area contributed by atoms with E-state index in [0.29, 0.717) is 31.0 Å². The number of hydrogen-bond acceptors (Lipinski definition) is 4. The molecule has 0 bridgehead atoms. The van der Waals surface area contributed by atoms with E-state index < -0.39 is 5.97 Å². The summed E-state index contributed by atoms with van der Waals surface area (Å²) in [4.78, 5) is 24.0. The number of amides is 2. The molecule has 1 aromatic carbocycles. The molecule has 2 N–H and O–H groups in total. The zero-order valence-corrected chi connectivity index (χ0v) is 14.6. The van der Waals surface area contributed by atoms with Crippen molar-refractivity contribution in [1.29, 1.82) is 0 Å². The number of nitrogens with one attached hydrogen (secondary N) is 2. The first kappa shape index (κ1) is 20.0. The Labute approximate surface area is 143 Å². The number of benzene rings is 1. The molecular weight excluding hydrogens is 308 g/mol. The lowest BCUT2D eigenvalue weighted by Crippen LogP contribution is -2.30. The topological polar surface area (TPSA) is 76.7 Å². The fourth-order valence-corrected chi connectivity index (χ4v) is 1.95. The highest BCUT2D eigenvalue weighted by atomic mass is 16.5. The van der Waals surface area contributed by atoms with Crippen molar-refractivity contribution in [3.63, 3.8) is 0 Å². The van der Waals surface area contributed by atoms with Crippen LogP contribution in [0.25, 0.3) is 0 Å². The van der Waals surface area contributed by atoms with Crippen LogP contribution in [-0.4, -0.2) is 38.4 Å². The van der Waals surface area contributed by atoms with Crippen molar-refractivity contribution in [2.24, 2.45) is 0 Å². The Kier molecular flexibility index (Phi) is 10.3. The van der Waals surface area contributed by atoms with Crippen LogP contribution in [0, 0.1) is 0 Å². The standard InChI is InChI=1S/C18H28N2O4/c1-3-5-14-24-17(21)15-9-6-7-10-16(15)20-18(22)19-11-8-13-23-12-4-2/h6-7,9-10H,3-5,8,11-14H2,1-2H3,(H2,19,20,22). The van der Waals surface area contributed by atoms with Gasteiger partial charge in [-0.05, 0) is 31.4 Å². The Balaban J connectivity index is 2.43. The van der Waals surface area contributed by atoms with Gasteiger partial charge in [0.15, 0.2) is 0 Å². The Bertz CT molecular complexity index is 506. The molecule has 0 aliphatic carbocycles. The minimum absolute atomic E-state index is 0.348. The Morgan fingerprint density at radius 1 is 1.00 bits per heavy atom. The Morgan fingerprint density at radius 3 is 2.54 bits per heavy atom. The summed E-state index contributed by atoms with van der Waals surface area (Å²) in [5.74, 6) is -0.424. The SMILES string of the molecule is CCCCOC(=O)c1ccccc1NC(=O)NCCCOCCC. The number of anilines is 1. The highest BCUT2D eigenvalue weighted by Gasteiger charge is 2.13. The van der Waals surface area contributed by atoms with Crippen LogP contribution in [0.3, 0.4) is 0 Å². The van der Waals surface area contributed by atoms with Crippen molar-refractivity contribution in [3.8, 4) is 0 Å². The maximum Gasteiger partial charge on any atom is 0.340 e. The van der Waals surface area contributed by atoms with E-state index in [2.05, 4.69) is 17.6 Å². The molecule has 0 aromatic heterocycles. The van der Waals surface area contributed by atoms with Crippen molar-refractivity contribution < 1.29 is 19.1 Å². The number of carbonyl (C=O) groups excluding carboxylic acids is 2. The molecule has 6 heteroatoms. The van der Waals surface area contributed by atoms with Crippen molar-refractivity contribution in [3.05, 3.63) is 29.8 Å². The van der Waals surface area contributed by atoms with E-state index in [0.717, 1.165) is 32.3 Å². The third kappa shape index (κ3) is 7.97. The highest BCUT2D eigenvalue weighted by molar-refractivity contribution is 6.00. The van der Waals surface area contributed by atoms with Gasteiger partial charge in [-0.25, -0.2) is 9.59 Å². The maximum absolute atomic E-state index is 12.1. The molecule has 0 aliphatic rings. The van der Waals surface area contributed by atoms with Crippen LogP contribution in [0.15, 0.2) is 24.3 Å². The summed E-state index contributed by atoms with van der Waals surface area (Å²) in [6, 6.07) is 6.48.